The zero-order chi connectivity index (χ0) is 18.9. The third-order valence-electron chi connectivity index (χ3n) is 3.78. The lowest BCUT2D eigenvalue weighted by Crippen LogP contribution is -2.33. The molecule has 0 aliphatic rings. The van der Waals surface area contributed by atoms with Gasteiger partial charge in [0, 0.05) is 5.71 Å². The van der Waals surface area contributed by atoms with Gasteiger partial charge in [0.1, 0.15) is 5.75 Å². The second-order valence-electron chi connectivity index (χ2n) is 5.93. The minimum atomic E-state index is -0.826. The van der Waals surface area contributed by atoms with Crippen molar-refractivity contribution in [1.82, 2.24) is 5.43 Å². The summed E-state index contributed by atoms with van der Waals surface area (Å²) < 4.78 is 5.18. The first-order valence-corrected chi connectivity index (χ1v) is 8.32. The number of nitrogens with one attached hydrogen (secondary N) is 2. The van der Waals surface area contributed by atoms with Gasteiger partial charge in [0.2, 0.25) is 0 Å². The molecule has 0 aliphatic heterocycles. The predicted octanol–water partition coefficient (Wildman–Crippen LogP) is 3.07. The van der Waals surface area contributed by atoms with Crippen LogP contribution in [0.5, 0.6) is 5.75 Å². The van der Waals surface area contributed by atoms with Crippen molar-refractivity contribution in [3.63, 3.8) is 0 Å². The van der Waals surface area contributed by atoms with Crippen molar-refractivity contribution in [3.05, 3.63) is 59.7 Å². The Bertz CT molecular complexity index is 801. The SMILES string of the molecule is COc1ccc(C)cc1NC(=O)C(=O)N/N=C(/C)CCc1ccccc1. The highest BCUT2D eigenvalue weighted by Gasteiger charge is 2.15. The maximum atomic E-state index is 12.0. The number of benzene rings is 2. The molecule has 0 atom stereocenters. The van der Waals surface area contributed by atoms with Crippen LogP contribution in [0.3, 0.4) is 0 Å². The molecule has 0 saturated heterocycles. The molecule has 0 aromatic heterocycles. The average Bonchev–Trinajstić information content (AvgIpc) is 2.65. The molecule has 0 unspecified atom stereocenters. The highest BCUT2D eigenvalue weighted by Crippen LogP contribution is 2.24. The number of aryl methyl sites for hydroxylation is 2. The van der Waals surface area contributed by atoms with Gasteiger partial charge in [-0.2, -0.15) is 5.10 Å². The fourth-order valence-electron chi connectivity index (χ4n) is 2.32. The third kappa shape index (κ3) is 5.73. The van der Waals surface area contributed by atoms with Crippen molar-refractivity contribution >= 4 is 23.2 Å². The highest BCUT2D eigenvalue weighted by molar-refractivity contribution is 6.39. The molecule has 0 aliphatic carbocycles. The van der Waals surface area contributed by atoms with Gasteiger partial charge in [-0.15, -0.1) is 0 Å². The number of anilines is 1. The number of amides is 2. The van der Waals surface area contributed by atoms with Gasteiger partial charge in [-0.1, -0.05) is 36.4 Å². The highest BCUT2D eigenvalue weighted by atomic mass is 16.5. The van der Waals surface area contributed by atoms with E-state index in [4.69, 9.17) is 4.74 Å². The number of hydrogen-bond donors (Lipinski definition) is 2. The predicted molar refractivity (Wildman–Crippen MR) is 102 cm³/mol. The number of rotatable bonds is 6. The van der Waals surface area contributed by atoms with Crippen LogP contribution >= 0.6 is 0 Å². The Morgan fingerprint density at radius 3 is 2.50 bits per heavy atom. The maximum absolute atomic E-state index is 12.0. The first-order valence-electron chi connectivity index (χ1n) is 8.32. The quantitative estimate of drug-likeness (QED) is 0.476. The van der Waals surface area contributed by atoms with Gasteiger partial charge in [0.15, 0.2) is 0 Å². The van der Waals surface area contributed by atoms with Crippen LogP contribution in [-0.2, 0) is 16.0 Å². The van der Waals surface area contributed by atoms with E-state index in [-0.39, 0.29) is 0 Å². The lowest BCUT2D eigenvalue weighted by molar-refractivity contribution is -0.136. The second kappa shape index (κ2) is 9.36. The summed E-state index contributed by atoms with van der Waals surface area (Å²) in [4.78, 5) is 24.0. The zero-order valence-corrected chi connectivity index (χ0v) is 15.2. The Morgan fingerprint density at radius 1 is 1.08 bits per heavy atom. The normalized spacial score (nSPS) is 11.0. The fourth-order valence-corrected chi connectivity index (χ4v) is 2.32. The Labute approximate surface area is 153 Å². The minimum absolute atomic E-state index is 0.442. The Kier molecular flexibility index (Phi) is 6.91. The van der Waals surface area contributed by atoms with E-state index in [0.717, 1.165) is 17.7 Å². The first kappa shape index (κ1) is 19.2. The fraction of sp³-hybridized carbons (Fsp3) is 0.250. The van der Waals surface area contributed by atoms with Crippen molar-refractivity contribution < 1.29 is 14.3 Å². The van der Waals surface area contributed by atoms with E-state index < -0.39 is 11.8 Å². The number of methoxy groups -OCH3 is 1. The van der Waals surface area contributed by atoms with Crippen molar-refractivity contribution in [2.75, 3.05) is 12.4 Å². The standard InChI is InChI=1S/C20H23N3O3/c1-14-9-12-18(26-3)17(13-14)21-19(24)20(25)23-22-15(2)10-11-16-7-5-4-6-8-16/h4-9,12-13H,10-11H2,1-3H3,(H,21,24)(H,23,25)/b22-15-. The minimum Gasteiger partial charge on any atom is -0.495 e. The summed E-state index contributed by atoms with van der Waals surface area (Å²) in [5.41, 5.74) is 5.60. The van der Waals surface area contributed by atoms with Gasteiger partial charge in [0.05, 0.1) is 12.8 Å². The summed E-state index contributed by atoms with van der Waals surface area (Å²) >= 11 is 0. The van der Waals surface area contributed by atoms with E-state index in [2.05, 4.69) is 15.8 Å². The average molecular weight is 353 g/mol. The molecular formula is C20H23N3O3. The van der Waals surface area contributed by atoms with Crippen LogP contribution in [0.25, 0.3) is 0 Å². The van der Waals surface area contributed by atoms with Crippen molar-refractivity contribution in [2.45, 2.75) is 26.7 Å². The van der Waals surface area contributed by atoms with Gasteiger partial charge in [-0.05, 0) is 49.9 Å². The van der Waals surface area contributed by atoms with Crippen LogP contribution in [0, 0.1) is 6.92 Å². The summed E-state index contributed by atoms with van der Waals surface area (Å²) in [7, 11) is 1.50. The maximum Gasteiger partial charge on any atom is 0.329 e. The summed E-state index contributed by atoms with van der Waals surface area (Å²) in [5, 5.41) is 6.53. The number of carbonyl (C=O) groups excluding carboxylic acids is 2. The Hall–Kier alpha value is -3.15. The third-order valence-corrected chi connectivity index (χ3v) is 3.78. The van der Waals surface area contributed by atoms with Crippen LogP contribution in [-0.4, -0.2) is 24.6 Å². The van der Waals surface area contributed by atoms with Crippen molar-refractivity contribution in [3.8, 4) is 5.75 Å². The molecule has 26 heavy (non-hydrogen) atoms. The van der Waals surface area contributed by atoms with E-state index in [0.29, 0.717) is 17.9 Å². The van der Waals surface area contributed by atoms with Gasteiger partial charge in [-0.3, -0.25) is 9.59 Å². The first-order chi connectivity index (χ1) is 12.5. The Morgan fingerprint density at radius 2 is 1.81 bits per heavy atom. The summed E-state index contributed by atoms with van der Waals surface area (Å²) in [6, 6.07) is 15.3. The molecule has 2 aromatic rings. The molecule has 0 saturated carbocycles. The molecule has 2 rings (SSSR count). The van der Waals surface area contributed by atoms with Crippen molar-refractivity contribution in [2.24, 2.45) is 5.10 Å². The monoisotopic (exact) mass is 353 g/mol. The molecule has 6 nitrogen and oxygen atoms in total. The molecule has 2 aromatic carbocycles. The molecule has 0 heterocycles. The summed E-state index contributed by atoms with van der Waals surface area (Å²) in [6.07, 6.45) is 1.51. The largest absolute Gasteiger partial charge is 0.495 e. The van der Waals surface area contributed by atoms with Crippen molar-refractivity contribution in [1.29, 1.82) is 0 Å². The van der Waals surface area contributed by atoms with E-state index in [1.807, 2.05) is 50.2 Å². The molecule has 2 amide bonds. The molecule has 136 valence electrons. The molecule has 0 fully saturated rings. The lowest BCUT2D eigenvalue weighted by atomic mass is 10.1. The molecule has 6 heteroatoms. The van der Waals surface area contributed by atoms with E-state index in [1.165, 1.54) is 12.7 Å². The van der Waals surface area contributed by atoms with Gasteiger partial charge < -0.3 is 10.1 Å². The smallest absolute Gasteiger partial charge is 0.329 e. The number of carbonyl (C=O) groups is 2. The molecule has 0 radical (unpaired) electrons. The molecule has 0 bridgehead atoms. The zero-order valence-electron chi connectivity index (χ0n) is 15.2. The number of ether oxygens (including phenoxy) is 1. The van der Waals surface area contributed by atoms with E-state index >= 15 is 0 Å². The molecular weight excluding hydrogens is 330 g/mol. The number of nitrogens with zero attached hydrogens (tertiary/aromatic N) is 1. The van der Waals surface area contributed by atoms with E-state index in [9.17, 15) is 9.59 Å². The summed E-state index contributed by atoms with van der Waals surface area (Å²) in [5.74, 6) is -1.14. The van der Waals surface area contributed by atoms with Crippen LogP contribution in [0.15, 0.2) is 53.6 Å². The molecule has 0 spiro atoms. The van der Waals surface area contributed by atoms with E-state index in [1.54, 1.807) is 12.1 Å². The van der Waals surface area contributed by atoms with Gasteiger partial charge in [0.25, 0.3) is 0 Å². The van der Waals surface area contributed by atoms with Crippen LogP contribution < -0.4 is 15.5 Å². The molecule has 2 N–H and O–H groups in total. The lowest BCUT2D eigenvalue weighted by Gasteiger charge is -2.10. The van der Waals surface area contributed by atoms with Gasteiger partial charge >= 0.3 is 11.8 Å². The topological polar surface area (TPSA) is 79.8 Å². The number of hydrazone groups is 1. The summed E-state index contributed by atoms with van der Waals surface area (Å²) in [6.45, 7) is 3.69. The van der Waals surface area contributed by atoms with Crippen LogP contribution in [0.4, 0.5) is 5.69 Å². The second-order valence-corrected chi connectivity index (χ2v) is 5.93. The number of hydrogen-bond acceptors (Lipinski definition) is 4. The van der Waals surface area contributed by atoms with Crippen LogP contribution in [0.1, 0.15) is 24.5 Å². The van der Waals surface area contributed by atoms with Crippen LogP contribution in [0.2, 0.25) is 0 Å². The Balaban J connectivity index is 1.88. The van der Waals surface area contributed by atoms with Gasteiger partial charge in [-0.25, -0.2) is 5.43 Å².